The van der Waals surface area contributed by atoms with Crippen molar-refractivity contribution in [1.29, 1.82) is 0 Å². The van der Waals surface area contributed by atoms with Crippen molar-refractivity contribution >= 4 is 21.7 Å². The highest BCUT2D eigenvalue weighted by Gasteiger charge is 2.26. The lowest BCUT2D eigenvalue weighted by Gasteiger charge is -2.40. The van der Waals surface area contributed by atoms with E-state index in [2.05, 4.69) is 52.7 Å². The zero-order chi connectivity index (χ0) is 11.7. The number of nitrogens with zero attached hydrogens (tertiary/aromatic N) is 2. The Morgan fingerprint density at radius 1 is 1.31 bits per heavy atom. The van der Waals surface area contributed by atoms with Gasteiger partial charge in [-0.2, -0.15) is 0 Å². The topological polar surface area (TPSA) is 16.1 Å². The van der Waals surface area contributed by atoms with E-state index >= 15 is 0 Å². The molecule has 0 unspecified atom stereocenters. The summed E-state index contributed by atoms with van der Waals surface area (Å²) in [4.78, 5) is 7.06. The van der Waals surface area contributed by atoms with E-state index in [-0.39, 0.29) is 0 Å². The molecule has 1 saturated heterocycles. The van der Waals surface area contributed by atoms with Crippen LogP contribution in [0.25, 0.3) is 0 Å². The van der Waals surface area contributed by atoms with Crippen LogP contribution in [0.1, 0.15) is 38.7 Å². The summed E-state index contributed by atoms with van der Waals surface area (Å²) >= 11 is 3.47. The van der Waals surface area contributed by atoms with Crippen LogP contribution in [0.3, 0.4) is 0 Å². The number of piperidine rings is 1. The number of rotatable bonds is 1. The lowest BCUT2D eigenvalue weighted by atomic mass is 9.97. The highest BCUT2D eigenvalue weighted by Crippen LogP contribution is 2.30. The molecule has 0 N–H and O–H groups in total. The molecule has 2 heterocycles. The molecule has 1 aromatic rings. The van der Waals surface area contributed by atoms with Gasteiger partial charge in [-0.1, -0.05) is 0 Å². The van der Waals surface area contributed by atoms with E-state index in [9.17, 15) is 0 Å². The maximum Gasteiger partial charge on any atom is 0.131 e. The van der Waals surface area contributed by atoms with Crippen molar-refractivity contribution in [2.75, 3.05) is 4.90 Å². The second-order valence-electron chi connectivity index (χ2n) is 4.83. The summed E-state index contributed by atoms with van der Waals surface area (Å²) < 4.78 is 1.06. The van der Waals surface area contributed by atoms with Gasteiger partial charge in [-0.05, 0) is 67.6 Å². The van der Waals surface area contributed by atoms with Crippen molar-refractivity contribution in [2.45, 2.75) is 52.1 Å². The number of hydrogen-bond acceptors (Lipinski definition) is 2. The molecule has 0 aromatic carbocycles. The smallest absolute Gasteiger partial charge is 0.131 e. The summed E-state index contributed by atoms with van der Waals surface area (Å²) in [6.45, 7) is 6.75. The third-order valence-corrected chi connectivity index (χ3v) is 3.89. The van der Waals surface area contributed by atoms with Crippen molar-refractivity contribution in [3.63, 3.8) is 0 Å². The summed E-state index contributed by atoms with van der Waals surface area (Å²) in [6, 6.07) is 3.36. The van der Waals surface area contributed by atoms with Gasteiger partial charge in [-0.25, -0.2) is 4.98 Å². The molecule has 2 rings (SSSR count). The molecule has 0 radical (unpaired) electrons. The predicted molar refractivity (Wildman–Crippen MR) is 71.9 cm³/mol. The number of halogens is 1. The molecule has 0 saturated carbocycles. The van der Waals surface area contributed by atoms with Gasteiger partial charge in [0.25, 0.3) is 0 Å². The molecule has 16 heavy (non-hydrogen) atoms. The van der Waals surface area contributed by atoms with Gasteiger partial charge in [0.2, 0.25) is 0 Å². The van der Waals surface area contributed by atoms with E-state index in [0.29, 0.717) is 12.1 Å². The van der Waals surface area contributed by atoms with Gasteiger partial charge in [0.1, 0.15) is 5.82 Å². The fourth-order valence-electron chi connectivity index (χ4n) is 2.64. The molecule has 1 aliphatic rings. The first kappa shape index (κ1) is 11.9. The molecule has 1 aliphatic heterocycles. The second-order valence-corrected chi connectivity index (χ2v) is 5.75. The van der Waals surface area contributed by atoms with Gasteiger partial charge in [-0.3, -0.25) is 0 Å². The number of aromatic nitrogens is 1. The Kier molecular flexibility index (Phi) is 3.53. The van der Waals surface area contributed by atoms with Crippen LogP contribution in [0.15, 0.2) is 16.7 Å². The van der Waals surface area contributed by atoms with Crippen molar-refractivity contribution < 1.29 is 0 Å². The first-order valence-electron chi connectivity index (χ1n) is 6.00. The van der Waals surface area contributed by atoms with Crippen LogP contribution >= 0.6 is 15.9 Å². The number of pyridine rings is 1. The largest absolute Gasteiger partial charge is 0.351 e. The molecular weight excluding hydrogens is 264 g/mol. The Morgan fingerprint density at radius 2 is 1.94 bits per heavy atom. The van der Waals surface area contributed by atoms with Crippen molar-refractivity contribution in [1.82, 2.24) is 4.98 Å². The number of hydrogen-bond donors (Lipinski definition) is 0. The standard InChI is InChI=1S/C13H19BrN2/c1-9-7-12(14)8-15-13(9)16-10(2)5-4-6-11(16)3/h7-8,10-11H,4-6H2,1-3H3/t10-,11+. The van der Waals surface area contributed by atoms with Crippen LogP contribution < -0.4 is 4.90 Å². The number of anilines is 1. The minimum Gasteiger partial charge on any atom is -0.351 e. The summed E-state index contributed by atoms with van der Waals surface area (Å²) in [6.07, 6.45) is 5.80. The summed E-state index contributed by atoms with van der Waals surface area (Å²) in [5.74, 6) is 1.16. The Hall–Kier alpha value is -0.570. The van der Waals surface area contributed by atoms with Crippen molar-refractivity contribution in [3.05, 3.63) is 22.3 Å². The van der Waals surface area contributed by atoms with E-state index in [1.165, 1.54) is 24.8 Å². The van der Waals surface area contributed by atoms with Gasteiger partial charge >= 0.3 is 0 Å². The lowest BCUT2D eigenvalue weighted by molar-refractivity contribution is 0.410. The maximum atomic E-state index is 4.58. The zero-order valence-electron chi connectivity index (χ0n) is 10.2. The summed E-state index contributed by atoms with van der Waals surface area (Å²) in [7, 11) is 0. The van der Waals surface area contributed by atoms with E-state index in [1.807, 2.05) is 6.20 Å². The molecule has 0 aliphatic carbocycles. The fourth-order valence-corrected chi connectivity index (χ4v) is 3.09. The molecule has 0 amide bonds. The van der Waals surface area contributed by atoms with Gasteiger partial charge in [0.15, 0.2) is 0 Å². The van der Waals surface area contributed by atoms with Crippen molar-refractivity contribution in [2.24, 2.45) is 0 Å². The average Bonchev–Trinajstić information content (AvgIpc) is 2.20. The lowest BCUT2D eigenvalue weighted by Crippen LogP contribution is -2.44. The molecule has 1 aromatic heterocycles. The third-order valence-electron chi connectivity index (χ3n) is 3.46. The molecule has 2 atom stereocenters. The summed E-state index contributed by atoms with van der Waals surface area (Å²) in [5, 5.41) is 0. The molecule has 0 spiro atoms. The summed E-state index contributed by atoms with van der Waals surface area (Å²) in [5.41, 5.74) is 1.26. The predicted octanol–water partition coefficient (Wildman–Crippen LogP) is 3.92. The van der Waals surface area contributed by atoms with Crippen LogP contribution in [0.4, 0.5) is 5.82 Å². The van der Waals surface area contributed by atoms with E-state index in [4.69, 9.17) is 0 Å². The van der Waals surface area contributed by atoms with E-state index in [1.54, 1.807) is 0 Å². The Balaban J connectivity index is 2.34. The van der Waals surface area contributed by atoms with Gasteiger partial charge < -0.3 is 4.90 Å². The highest BCUT2D eigenvalue weighted by atomic mass is 79.9. The minimum atomic E-state index is 0.608. The minimum absolute atomic E-state index is 0.608. The van der Waals surface area contributed by atoms with Gasteiger partial charge in [0.05, 0.1) is 0 Å². The second kappa shape index (κ2) is 4.74. The van der Waals surface area contributed by atoms with Crippen LogP contribution in [0, 0.1) is 6.92 Å². The number of aryl methyl sites for hydroxylation is 1. The van der Waals surface area contributed by atoms with Crippen molar-refractivity contribution in [3.8, 4) is 0 Å². The third kappa shape index (κ3) is 2.24. The molecule has 3 heteroatoms. The molecule has 1 fully saturated rings. The van der Waals surface area contributed by atoms with E-state index < -0.39 is 0 Å². The van der Waals surface area contributed by atoms with E-state index in [0.717, 1.165) is 10.3 Å². The first-order chi connectivity index (χ1) is 7.59. The fraction of sp³-hybridized carbons (Fsp3) is 0.615. The SMILES string of the molecule is Cc1cc(Br)cnc1N1[C@H](C)CCC[C@@H]1C. The Labute approximate surface area is 106 Å². The molecule has 88 valence electrons. The zero-order valence-corrected chi connectivity index (χ0v) is 11.8. The maximum absolute atomic E-state index is 4.58. The first-order valence-corrected chi connectivity index (χ1v) is 6.79. The van der Waals surface area contributed by atoms with Crippen LogP contribution in [-0.4, -0.2) is 17.1 Å². The normalized spacial score (nSPS) is 25.9. The van der Waals surface area contributed by atoms with Gasteiger partial charge in [-0.15, -0.1) is 0 Å². The molecule has 2 nitrogen and oxygen atoms in total. The van der Waals surface area contributed by atoms with Crippen LogP contribution in [0.5, 0.6) is 0 Å². The van der Waals surface area contributed by atoms with Crippen LogP contribution in [-0.2, 0) is 0 Å². The molecule has 0 bridgehead atoms. The highest BCUT2D eigenvalue weighted by molar-refractivity contribution is 9.10. The Bertz CT molecular complexity index is 368. The average molecular weight is 283 g/mol. The monoisotopic (exact) mass is 282 g/mol. The van der Waals surface area contributed by atoms with Gasteiger partial charge in [0, 0.05) is 22.8 Å². The molecular formula is C13H19BrN2. The van der Waals surface area contributed by atoms with Crippen LogP contribution in [0.2, 0.25) is 0 Å². The quantitative estimate of drug-likeness (QED) is 0.776. The Morgan fingerprint density at radius 3 is 2.50 bits per heavy atom.